The van der Waals surface area contributed by atoms with E-state index in [0.29, 0.717) is 23.4 Å². The molecule has 0 saturated heterocycles. The smallest absolute Gasteiger partial charge is 0.307 e. The molecule has 0 radical (unpaired) electrons. The van der Waals surface area contributed by atoms with E-state index in [1.54, 1.807) is 18.2 Å². The largest absolute Gasteiger partial charge is 0.481 e. The quantitative estimate of drug-likeness (QED) is 0.741. The molecule has 0 aliphatic heterocycles. The minimum Gasteiger partial charge on any atom is -0.481 e. The van der Waals surface area contributed by atoms with Gasteiger partial charge in [-0.25, -0.2) is 0 Å². The van der Waals surface area contributed by atoms with Crippen molar-refractivity contribution in [3.05, 3.63) is 34.9 Å². The van der Waals surface area contributed by atoms with Gasteiger partial charge in [-0.3, -0.25) is 25.2 Å². The second-order valence-electron chi connectivity index (χ2n) is 5.29. The molecule has 1 fully saturated rings. The Labute approximate surface area is 132 Å². The lowest BCUT2D eigenvalue weighted by Crippen LogP contribution is -2.47. The van der Waals surface area contributed by atoms with Crippen LogP contribution in [0.1, 0.15) is 36.0 Å². The summed E-state index contributed by atoms with van der Waals surface area (Å²) < 4.78 is 0. The van der Waals surface area contributed by atoms with E-state index in [1.165, 1.54) is 6.07 Å². The summed E-state index contributed by atoms with van der Waals surface area (Å²) in [4.78, 5) is 35.2. The van der Waals surface area contributed by atoms with Gasteiger partial charge in [0.15, 0.2) is 0 Å². The number of nitrogens with one attached hydrogen (secondary N) is 2. The lowest BCUT2D eigenvalue weighted by molar-refractivity contribution is -0.149. The summed E-state index contributed by atoms with van der Waals surface area (Å²) in [6, 6.07) is 6.30. The fourth-order valence-electron chi connectivity index (χ4n) is 2.65. The van der Waals surface area contributed by atoms with Crippen LogP contribution in [0.4, 0.5) is 0 Å². The lowest BCUT2D eigenvalue weighted by Gasteiger charge is -2.27. The zero-order valence-electron chi connectivity index (χ0n) is 11.8. The molecule has 1 aromatic rings. The molecule has 1 saturated carbocycles. The maximum absolute atomic E-state index is 12.1. The van der Waals surface area contributed by atoms with E-state index in [2.05, 4.69) is 10.9 Å². The van der Waals surface area contributed by atoms with Gasteiger partial charge in [-0.1, -0.05) is 30.5 Å². The standard InChI is InChI=1S/C15H17ClN2O4/c16-10-5-3-4-9(8-10)13(19)17-18-14(20)11-6-1-2-7-12(11)15(21)22/h3-5,8,11-12H,1-2,6-7H2,(H,17,19)(H,18,20)(H,21,22). The summed E-state index contributed by atoms with van der Waals surface area (Å²) in [5.74, 6) is -3.26. The minimum atomic E-state index is -0.971. The molecule has 118 valence electrons. The third kappa shape index (κ3) is 3.98. The van der Waals surface area contributed by atoms with Gasteiger partial charge in [0.2, 0.25) is 5.91 Å². The highest BCUT2D eigenvalue weighted by Crippen LogP contribution is 2.30. The number of halogens is 1. The highest BCUT2D eigenvalue weighted by atomic mass is 35.5. The minimum absolute atomic E-state index is 0.311. The molecular formula is C15H17ClN2O4. The van der Waals surface area contributed by atoms with Crippen LogP contribution in [0.5, 0.6) is 0 Å². The van der Waals surface area contributed by atoms with Crippen molar-refractivity contribution in [3.63, 3.8) is 0 Å². The van der Waals surface area contributed by atoms with Gasteiger partial charge < -0.3 is 5.11 Å². The Hall–Kier alpha value is -2.08. The summed E-state index contributed by atoms with van der Waals surface area (Å²) in [6.45, 7) is 0. The van der Waals surface area contributed by atoms with Crippen LogP contribution in [0.15, 0.2) is 24.3 Å². The maximum atomic E-state index is 12.1. The molecule has 2 atom stereocenters. The van der Waals surface area contributed by atoms with Crippen LogP contribution >= 0.6 is 11.6 Å². The van der Waals surface area contributed by atoms with Gasteiger partial charge >= 0.3 is 5.97 Å². The number of hydrogen-bond donors (Lipinski definition) is 3. The van der Waals surface area contributed by atoms with Crippen molar-refractivity contribution < 1.29 is 19.5 Å². The van der Waals surface area contributed by atoms with Crippen LogP contribution in [-0.4, -0.2) is 22.9 Å². The van der Waals surface area contributed by atoms with Gasteiger partial charge in [-0.15, -0.1) is 0 Å². The van der Waals surface area contributed by atoms with E-state index < -0.39 is 29.6 Å². The first-order valence-electron chi connectivity index (χ1n) is 7.07. The molecular weight excluding hydrogens is 308 g/mol. The number of carboxylic acids is 1. The van der Waals surface area contributed by atoms with Crippen molar-refractivity contribution in [2.75, 3.05) is 0 Å². The first-order chi connectivity index (χ1) is 10.5. The molecule has 0 aromatic heterocycles. The Kier molecular flexibility index (Phi) is 5.38. The van der Waals surface area contributed by atoms with Crippen molar-refractivity contribution in [2.45, 2.75) is 25.7 Å². The number of amides is 2. The molecule has 0 heterocycles. The zero-order valence-corrected chi connectivity index (χ0v) is 12.6. The van der Waals surface area contributed by atoms with Crippen molar-refractivity contribution >= 4 is 29.4 Å². The third-order valence-electron chi connectivity index (χ3n) is 3.81. The van der Waals surface area contributed by atoms with E-state index in [0.717, 1.165) is 12.8 Å². The molecule has 22 heavy (non-hydrogen) atoms. The van der Waals surface area contributed by atoms with Crippen LogP contribution < -0.4 is 10.9 Å². The Morgan fingerprint density at radius 2 is 1.77 bits per heavy atom. The lowest BCUT2D eigenvalue weighted by atomic mass is 9.79. The van der Waals surface area contributed by atoms with Gasteiger partial charge in [-0.2, -0.15) is 0 Å². The van der Waals surface area contributed by atoms with Crippen molar-refractivity contribution in [3.8, 4) is 0 Å². The molecule has 0 spiro atoms. The second-order valence-corrected chi connectivity index (χ2v) is 5.73. The summed E-state index contributed by atoms with van der Waals surface area (Å²) >= 11 is 5.79. The summed E-state index contributed by atoms with van der Waals surface area (Å²) in [7, 11) is 0. The first kappa shape index (κ1) is 16.3. The first-order valence-corrected chi connectivity index (χ1v) is 7.45. The van der Waals surface area contributed by atoms with Gasteiger partial charge in [0.1, 0.15) is 0 Å². The van der Waals surface area contributed by atoms with Crippen molar-refractivity contribution in [1.82, 2.24) is 10.9 Å². The number of carbonyl (C=O) groups excluding carboxylic acids is 2. The monoisotopic (exact) mass is 324 g/mol. The molecule has 0 bridgehead atoms. The third-order valence-corrected chi connectivity index (χ3v) is 4.04. The van der Waals surface area contributed by atoms with E-state index in [9.17, 15) is 14.4 Å². The normalized spacial score (nSPS) is 21.0. The summed E-state index contributed by atoms with van der Waals surface area (Å²) in [5.41, 5.74) is 4.91. The number of aliphatic carboxylic acids is 1. The van der Waals surface area contributed by atoms with E-state index in [-0.39, 0.29) is 0 Å². The number of benzene rings is 1. The highest BCUT2D eigenvalue weighted by Gasteiger charge is 2.35. The number of rotatable bonds is 3. The second kappa shape index (κ2) is 7.26. The summed E-state index contributed by atoms with van der Waals surface area (Å²) in [5, 5.41) is 9.58. The molecule has 2 amide bonds. The molecule has 1 aliphatic rings. The zero-order chi connectivity index (χ0) is 16.1. The fraction of sp³-hybridized carbons (Fsp3) is 0.400. The van der Waals surface area contributed by atoms with Gasteiger partial charge in [0, 0.05) is 10.6 Å². The van der Waals surface area contributed by atoms with Crippen molar-refractivity contribution in [1.29, 1.82) is 0 Å². The number of hydrogen-bond acceptors (Lipinski definition) is 3. The fourth-order valence-corrected chi connectivity index (χ4v) is 2.84. The summed E-state index contributed by atoms with van der Waals surface area (Å²) in [6.07, 6.45) is 2.60. The molecule has 3 N–H and O–H groups in total. The van der Waals surface area contributed by atoms with Crippen LogP contribution in [0, 0.1) is 11.8 Å². The highest BCUT2D eigenvalue weighted by molar-refractivity contribution is 6.30. The SMILES string of the molecule is O=C(NNC(=O)C1CCCCC1C(=O)O)c1cccc(Cl)c1. The number of hydrazine groups is 1. The Bertz CT molecular complexity index is 591. The number of carbonyl (C=O) groups is 3. The number of carboxylic acid groups (broad SMARTS) is 1. The Morgan fingerprint density at radius 3 is 2.41 bits per heavy atom. The predicted octanol–water partition coefficient (Wildman–Crippen LogP) is 1.99. The average Bonchev–Trinajstić information content (AvgIpc) is 2.52. The van der Waals surface area contributed by atoms with E-state index in [4.69, 9.17) is 16.7 Å². The van der Waals surface area contributed by atoms with Gasteiger partial charge in [0.25, 0.3) is 5.91 Å². The Morgan fingerprint density at radius 1 is 1.09 bits per heavy atom. The molecule has 1 aromatic carbocycles. The average molecular weight is 325 g/mol. The van der Waals surface area contributed by atoms with E-state index in [1.807, 2.05) is 0 Å². The van der Waals surface area contributed by atoms with Gasteiger partial charge in [0.05, 0.1) is 11.8 Å². The molecule has 2 unspecified atom stereocenters. The van der Waals surface area contributed by atoms with Crippen LogP contribution in [0.25, 0.3) is 0 Å². The van der Waals surface area contributed by atoms with Crippen molar-refractivity contribution in [2.24, 2.45) is 11.8 Å². The van der Waals surface area contributed by atoms with Crippen LogP contribution in [-0.2, 0) is 9.59 Å². The Balaban J connectivity index is 1.94. The van der Waals surface area contributed by atoms with Crippen LogP contribution in [0.3, 0.4) is 0 Å². The molecule has 1 aliphatic carbocycles. The molecule has 7 heteroatoms. The molecule has 6 nitrogen and oxygen atoms in total. The predicted molar refractivity (Wildman–Crippen MR) is 80.1 cm³/mol. The van der Waals surface area contributed by atoms with Gasteiger partial charge in [-0.05, 0) is 31.0 Å². The topological polar surface area (TPSA) is 95.5 Å². The van der Waals surface area contributed by atoms with Crippen LogP contribution in [0.2, 0.25) is 5.02 Å². The molecule has 2 rings (SSSR count). The maximum Gasteiger partial charge on any atom is 0.307 e. The van der Waals surface area contributed by atoms with E-state index >= 15 is 0 Å².